The van der Waals surface area contributed by atoms with E-state index in [2.05, 4.69) is 4.98 Å². The van der Waals surface area contributed by atoms with E-state index in [0.717, 1.165) is 40.0 Å². The molecule has 0 saturated heterocycles. The minimum Gasteiger partial charge on any atom is -0.464 e. The van der Waals surface area contributed by atoms with Crippen molar-refractivity contribution in [1.29, 1.82) is 0 Å². The van der Waals surface area contributed by atoms with Gasteiger partial charge in [0, 0.05) is 17.0 Å². The van der Waals surface area contributed by atoms with E-state index < -0.39 is 0 Å². The van der Waals surface area contributed by atoms with Crippen molar-refractivity contribution in [3.8, 4) is 11.3 Å². The summed E-state index contributed by atoms with van der Waals surface area (Å²) in [6, 6.07) is 10.5. The van der Waals surface area contributed by atoms with Crippen LogP contribution in [0.2, 0.25) is 0 Å². The predicted molar refractivity (Wildman–Crippen MR) is 105 cm³/mol. The lowest BCUT2D eigenvalue weighted by Gasteiger charge is -2.20. The van der Waals surface area contributed by atoms with Gasteiger partial charge < -0.3 is 9.32 Å². The predicted octanol–water partition coefficient (Wildman–Crippen LogP) is 5.13. The fourth-order valence-electron chi connectivity index (χ4n) is 2.83. The van der Waals surface area contributed by atoms with Gasteiger partial charge in [-0.1, -0.05) is 11.8 Å². The van der Waals surface area contributed by atoms with Crippen molar-refractivity contribution in [3.63, 3.8) is 0 Å². The molecule has 1 saturated carbocycles. The van der Waals surface area contributed by atoms with Crippen LogP contribution in [0.25, 0.3) is 11.3 Å². The highest BCUT2D eigenvalue weighted by atomic mass is 32.2. The fourth-order valence-corrected chi connectivity index (χ4v) is 4.55. The number of aryl methyl sites for hydroxylation is 1. The Bertz CT molecular complexity index is 932. The van der Waals surface area contributed by atoms with Gasteiger partial charge in [-0.3, -0.25) is 4.79 Å². The van der Waals surface area contributed by atoms with Crippen LogP contribution in [0.5, 0.6) is 0 Å². The fraction of sp³-hybridized carbons (Fsp3) is 0.300. The summed E-state index contributed by atoms with van der Waals surface area (Å²) in [6.07, 6.45) is 2.12. The van der Waals surface area contributed by atoms with Crippen LogP contribution >= 0.6 is 23.1 Å². The van der Waals surface area contributed by atoms with Crippen LogP contribution in [-0.2, 0) is 11.3 Å². The molecule has 0 aliphatic heterocycles. The van der Waals surface area contributed by atoms with Gasteiger partial charge in [-0.15, -0.1) is 11.3 Å². The number of furan rings is 1. The molecule has 0 atom stereocenters. The van der Waals surface area contributed by atoms with Crippen molar-refractivity contribution in [2.24, 2.45) is 0 Å². The summed E-state index contributed by atoms with van der Waals surface area (Å²) >= 11 is 2.95. The summed E-state index contributed by atoms with van der Waals surface area (Å²) in [7, 11) is 0. The van der Waals surface area contributed by atoms with Crippen molar-refractivity contribution < 1.29 is 13.6 Å². The van der Waals surface area contributed by atoms with E-state index in [1.165, 1.54) is 35.2 Å². The highest BCUT2D eigenvalue weighted by Crippen LogP contribution is 2.32. The molecular formula is C20H19FN2O2S2. The van der Waals surface area contributed by atoms with E-state index in [1.54, 1.807) is 12.1 Å². The van der Waals surface area contributed by atoms with Crippen LogP contribution in [0.1, 0.15) is 24.4 Å². The van der Waals surface area contributed by atoms with Crippen LogP contribution in [0.3, 0.4) is 0 Å². The molecule has 0 unspecified atom stereocenters. The van der Waals surface area contributed by atoms with Crippen molar-refractivity contribution >= 4 is 29.0 Å². The smallest absolute Gasteiger partial charge is 0.233 e. The second-order valence-electron chi connectivity index (χ2n) is 6.56. The largest absolute Gasteiger partial charge is 0.464 e. The number of halogens is 1. The summed E-state index contributed by atoms with van der Waals surface area (Å²) in [4.78, 5) is 19.2. The molecule has 3 aromatic rings. The molecule has 1 aliphatic carbocycles. The Hall–Kier alpha value is -2.12. The molecule has 0 bridgehead atoms. The molecule has 0 radical (unpaired) electrons. The summed E-state index contributed by atoms with van der Waals surface area (Å²) < 4.78 is 19.5. The summed E-state index contributed by atoms with van der Waals surface area (Å²) in [5.74, 6) is 1.88. The number of hydrogen-bond acceptors (Lipinski definition) is 5. The molecule has 4 rings (SSSR count). The minimum absolute atomic E-state index is 0.107. The SMILES string of the molecule is Cc1ccc(CN(C(=O)CSc2nc(-c3ccc(F)cc3)cs2)C2CC2)o1. The number of thioether (sulfide) groups is 1. The molecule has 27 heavy (non-hydrogen) atoms. The van der Waals surface area contributed by atoms with E-state index in [4.69, 9.17) is 4.42 Å². The standard InChI is InChI=1S/C20H19FN2O2S2/c1-13-2-9-17(25-13)10-23(16-7-8-16)19(24)12-27-20-22-18(11-26-20)14-3-5-15(21)6-4-14/h2-6,9,11,16H,7-8,10,12H2,1H3. The zero-order valence-electron chi connectivity index (χ0n) is 14.9. The van der Waals surface area contributed by atoms with Gasteiger partial charge in [-0.2, -0.15) is 0 Å². The molecule has 1 aromatic carbocycles. The Morgan fingerprint density at radius 3 is 2.74 bits per heavy atom. The zero-order valence-corrected chi connectivity index (χ0v) is 16.5. The quantitative estimate of drug-likeness (QED) is 0.514. The van der Waals surface area contributed by atoms with E-state index >= 15 is 0 Å². The molecule has 0 spiro atoms. The molecule has 4 nitrogen and oxygen atoms in total. The number of carbonyl (C=O) groups is 1. The molecule has 1 fully saturated rings. The first kappa shape index (κ1) is 18.3. The monoisotopic (exact) mass is 402 g/mol. The highest BCUT2D eigenvalue weighted by Gasteiger charge is 2.33. The number of aromatic nitrogens is 1. The van der Waals surface area contributed by atoms with Gasteiger partial charge >= 0.3 is 0 Å². The summed E-state index contributed by atoms with van der Waals surface area (Å²) in [5, 5.41) is 1.93. The third kappa shape index (κ3) is 4.59. The lowest BCUT2D eigenvalue weighted by molar-refractivity contribution is -0.129. The maximum atomic E-state index is 13.0. The van der Waals surface area contributed by atoms with E-state index in [-0.39, 0.29) is 11.7 Å². The highest BCUT2D eigenvalue weighted by molar-refractivity contribution is 8.01. The second-order valence-corrected chi connectivity index (χ2v) is 8.64. The first-order valence-corrected chi connectivity index (χ1v) is 10.6. The lowest BCUT2D eigenvalue weighted by Crippen LogP contribution is -2.33. The molecule has 2 aromatic heterocycles. The van der Waals surface area contributed by atoms with Crippen LogP contribution < -0.4 is 0 Å². The molecular weight excluding hydrogens is 383 g/mol. The van der Waals surface area contributed by atoms with Crippen LogP contribution in [0, 0.1) is 12.7 Å². The number of hydrogen-bond donors (Lipinski definition) is 0. The number of carbonyl (C=O) groups excluding carboxylic acids is 1. The second kappa shape index (κ2) is 7.86. The van der Waals surface area contributed by atoms with Gasteiger partial charge in [-0.25, -0.2) is 9.37 Å². The van der Waals surface area contributed by atoms with Crippen LogP contribution in [0.4, 0.5) is 4.39 Å². The molecule has 0 N–H and O–H groups in total. The summed E-state index contributed by atoms with van der Waals surface area (Å²) in [6.45, 7) is 2.43. The zero-order chi connectivity index (χ0) is 18.8. The molecule has 1 amide bonds. The van der Waals surface area contributed by atoms with Crippen LogP contribution in [0.15, 0.2) is 50.5 Å². The first-order valence-electron chi connectivity index (χ1n) is 8.77. The van der Waals surface area contributed by atoms with Gasteiger partial charge in [0.2, 0.25) is 5.91 Å². The van der Waals surface area contributed by atoms with Gasteiger partial charge in [0.1, 0.15) is 17.3 Å². The Balaban J connectivity index is 1.37. The van der Waals surface area contributed by atoms with Crippen molar-refractivity contribution in [2.75, 3.05) is 5.75 Å². The average Bonchev–Trinajstić information content (AvgIpc) is 3.24. The molecule has 1 aliphatic rings. The van der Waals surface area contributed by atoms with E-state index in [0.29, 0.717) is 18.3 Å². The third-order valence-corrected chi connectivity index (χ3v) is 6.38. The van der Waals surface area contributed by atoms with Gasteiger partial charge in [0.15, 0.2) is 4.34 Å². The van der Waals surface area contributed by atoms with Gasteiger partial charge in [-0.05, 0) is 56.2 Å². The normalized spacial score (nSPS) is 13.7. The van der Waals surface area contributed by atoms with Crippen molar-refractivity contribution in [2.45, 2.75) is 36.7 Å². The number of thiazole rings is 1. The van der Waals surface area contributed by atoms with Crippen LogP contribution in [-0.4, -0.2) is 27.6 Å². The molecule has 140 valence electrons. The van der Waals surface area contributed by atoms with E-state index in [9.17, 15) is 9.18 Å². The lowest BCUT2D eigenvalue weighted by atomic mass is 10.2. The maximum Gasteiger partial charge on any atom is 0.233 e. The third-order valence-electron chi connectivity index (χ3n) is 4.37. The van der Waals surface area contributed by atoms with Gasteiger partial charge in [0.05, 0.1) is 18.0 Å². The van der Waals surface area contributed by atoms with Crippen molar-refractivity contribution in [1.82, 2.24) is 9.88 Å². The number of rotatable bonds is 7. The Morgan fingerprint density at radius 1 is 1.30 bits per heavy atom. The Kier molecular flexibility index (Phi) is 5.31. The number of benzene rings is 1. The minimum atomic E-state index is -0.263. The number of amides is 1. The van der Waals surface area contributed by atoms with Gasteiger partial charge in [0.25, 0.3) is 0 Å². The Morgan fingerprint density at radius 2 is 2.07 bits per heavy atom. The van der Waals surface area contributed by atoms with E-state index in [1.807, 2.05) is 29.3 Å². The molecule has 7 heteroatoms. The molecule has 2 heterocycles. The van der Waals surface area contributed by atoms with Crippen molar-refractivity contribution in [3.05, 3.63) is 59.1 Å². The average molecular weight is 403 g/mol. The Labute approximate surface area is 165 Å². The summed E-state index contributed by atoms with van der Waals surface area (Å²) in [5.41, 5.74) is 1.68. The topological polar surface area (TPSA) is 46.3 Å². The first-order chi connectivity index (χ1) is 13.1. The maximum absolute atomic E-state index is 13.0. The number of nitrogens with zero attached hydrogens (tertiary/aromatic N) is 2.